The van der Waals surface area contributed by atoms with Crippen LogP contribution in [-0.2, 0) is 6.42 Å². The second-order valence-electron chi connectivity index (χ2n) is 5.11. The van der Waals surface area contributed by atoms with Crippen molar-refractivity contribution in [2.45, 2.75) is 32.2 Å². The number of nitrogens with one attached hydrogen (secondary N) is 1. The Hall–Kier alpha value is -1.88. The van der Waals surface area contributed by atoms with Crippen LogP contribution in [0, 0.1) is 17.0 Å². The smallest absolute Gasteiger partial charge is 0.292 e. The van der Waals surface area contributed by atoms with E-state index >= 15 is 0 Å². The lowest BCUT2D eigenvalue weighted by atomic mass is 9.93. The van der Waals surface area contributed by atoms with Crippen LogP contribution in [0.3, 0.4) is 0 Å². The highest BCUT2D eigenvalue weighted by atomic mass is 32.1. The van der Waals surface area contributed by atoms with Crippen LogP contribution in [0.4, 0.5) is 11.4 Å². The standard InChI is InChI=1S/C15H16N2O2S/c1-10-4-2-6-13(17(18)19)15(10)16-12-5-3-7-14-11(12)8-9-20-14/h2,4,6,8-9,12,16H,3,5,7H2,1H3. The molecule has 0 saturated heterocycles. The van der Waals surface area contributed by atoms with Gasteiger partial charge in [0.25, 0.3) is 5.69 Å². The lowest BCUT2D eigenvalue weighted by Crippen LogP contribution is -2.17. The number of benzene rings is 1. The van der Waals surface area contributed by atoms with Gasteiger partial charge in [-0.25, -0.2) is 0 Å². The Balaban J connectivity index is 1.96. The third-order valence-corrected chi connectivity index (χ3v) is 4.81. The number of nitro benzene ring substituents is 1. The van der Waals surface area contributed by atoms with Crippen molar-refractivity contribution in [1.82, 2.24) is 0 Å². The molecule has 0 saturated carbocycles. The van der Waals surface area contributed by atoms with Gasteiger partial charge in [-0.15, -0.1) is 11.3 Å². The lowest BCUT2D eigenvalue weighted by Gasteiger charge is -2.25. The summed E-state index contributed by atoms with van der Waals surface area (Å²) >= 11 is 1.78. The van der Waals surface area contributed by atoms with Crippen molar-refractivity contribution in [3.8, 4) is 0 Å². The van der Waals surface area contributed by atoms with Gasteiger partial charge in [-0.3, -0.25) is 10.1 Å². The molecule has 2 aromatic rings. The number of rotatable bonds is 3. The maximum atomic E-state index is 11.2. The minimum atomic E-state index is -0.313. The molecule has 1 aliphatic rings. The number of nitro groups is 1. The zero-order valence-corrected chi connectivity index (χ0v) is 12.1. The van der Waals surface area contributed by atoms with Crippen molar-refractivity contribution in [3.63, 3.8) is 0 Å². The summed E-state index contributed by atoms with van der Waals surface area (Å²) in [6.45, 7) is 1.91. The first kappa shape index (κ1) is 13.1. The third kappa shape index (κ3) is 2.29. The summed E-state index contributed by atoms with van der Waals surface area (Å²) in [5.74, 6) is 0. The Morgan fingerprint density at radius 1 is 1.40 bits per heavy atom. The van der Waals surface area contributed by atoms with Gasteiger partial charge in [-0.2, -0.15) is 0 Å². The Kier molecular flexibility index (Phi) is 3.44. The second-order valence-corrected chi connectivity index (χ2v) is 6.12. The first-order valence-corrected chi connectivity index (χ1v) is 7.61. The fraction of sp³-hybridized carbons (Fsp3) is 0.333. The minimum Gasteiger partial charge on any atom is -0.372 e. The van der Waals surface area contributed by atoms with E-state index in [1.165, 1.54) is 10.4 Å². The molecule has 3 rings (SSSR count). The van der Waals surface area contributed by atoms with Gasteiger partial charge in [0.15, 0.2) is 0 Å². The SMILES string of the molecule is Cc1cccc([N+](=O)[O-])c1NC1CCCc2sccc21. The van der Waals surface area contributed by atoms with E-state index in [0.29, 0.717) is 5.69 Å². The molecule has 1 atom stereocenters. The normalized spacial score (nSPS) is 17.6. The molecule has 0 fully saturated rings. The number of fused-ring (bicyclic) bond motifs is 1. The van der Waals surface area contributed by atoms with Gasteiger partial charge in [0.05, 0.1) is 11.0 Å². The van der Waals surface area contributed by atoms with Crippen LogP contribution in [0.25, 0.3) is 0 Å². The molecule has 1 aromatic heterocycles. The average molecular weight is 288 g/mol. The molecular weight excluding hydrogens is 272 g/mol. The zero-order valence-electron chi connectivity index (χ0n) is 11.3. The second kappa shape index (κ2) is 5.25. The average Bonchev–Trinajstić information content (AvgIpc) is 2.90. The van der Waals surface area contributed by atoms with Gasteiger partial charge < -0.3 is 5.32 Å². The number of hydrogen-bond acceptors (Lipinski definition) is 4. The van der Waals surface area contributed by atoms with Gasteiger partial charge in [0.2, 0.25) is 0 Å². The van der Waals surface area contributed by atoms with E-state index < -0.39 is 0 Å². The number of anilines is 1. The van der Waals surface area contributed by atoms with Crippen molar-refractivity contribution in [1.29, 1.82) is 0 Å². The summed E-state index contributed by atoms with van der Waals surface area (Å²) in [5, 5.41) is 16.7. The maximum absolute atomic E-state index is 11.2. The fourth-order valence-corrected chi connectivity index (χ4v) is 3.79. The minimum absolute atomic E-state index is 0.160. The van der Waals surface area contributed by atoms with E-state index in [9.17, 15) is 10.1 Å². The maximum Gasteiger partial charge on any atom is 0.292 e. The first-order valence-electron chi connectivity index (χ1n) is 6.73. The van der Waals surface area contributed by atoms with Crippen LogP contribution in [0.1, 0.15) is 34.9 Å². The summed E-state index contributed by atoms with van der Waals surface area (Å²) in [6.07, 6.45) is 3.28. The molecular formula is C15H16N2O2S. The van der Waals surface area contributed by atoms with E-state index in [2.05, 4.69) is 16.8 Å². The van der Waals surface area contributed by atoms with Crippen molar-refractivity contribution in [2.24, 2.45) is 0 Å². The molecule has 1 aromatic carbocycles. The zero-order chi connectivity index (χ0) is 14.1. The molecule has 20 heavy (non-hydrogen) atoms. The van der Waals surface area contributed by atoms with Crippen molar-refractivity contribution >= 4 is 22.7 Å². The highest BCUT2D eigenvalue weighted by Crippen LogP contribution is 2.38. The highest BCUT2D eigenvalue weighted by Gasteiger charge is 2.24. The number of hydrogen-bond donors (Lipinski definition) is 1. The molecule has 0 spiro atoms. The summed E-state index contributed by atoms with van der Waals surface area (Å²) in [4.78, 5) is 12.3. The van der Waals surface area contributed by atoms with E-state index in [-0.39, 0.29) is 16.7 Å². The topological polar surface area (TPSA) is 55.2 Å². The van der Waals surface area contributed by atoms with Gasteiger partial charge in [-0.1, -0.05) is 12.1 Å². The van der Waals surface area contributed by atoms with Gasteiger partial charge >= 0.3 is 0 Å². The summed E-state index contributed by atoms with van der Waals surface area (Å²) in [6, 6.07) is 7.53. The molecule has 1 heterocycles. The van der Waals surface area contributed by atoms with Gasteiger partial charge in [-0.05, 0) is 48.8 Å². The van der Waals surface area contributed by atoms with E-state index in [0.717, 1.165) is 24.8 Å². The van der Waals surface area contributed by atoms with Crippen LogP contribution in [0.5, 0.6) is 0 Å². The molecule has 0 aliphatic heterocycles. The van der Waals surface area contributed by atoms with Crippen LogP contribution < -0.4 is 5.32 Å². The molecule has 1 aliphatic carbocycles. The number of aryl methyl sites for hydroxylation is 2. The van der Waals surface area contributed by atoms with Crippen molar-refractivity contribution < 1.29 is 4.92 Å². The molecule has 1 unspecified atom stereocenters. The Labute approximate surface area is 121 Å². The molecule has 0 amide bonds. The Bertz CT molecular complexity index is 651. The fourth-order valence-electron chi connectivity index (χ4n) is 2.80. The first-order chi connectivity index (χ1) is 9.66. The largest absolute Gasteiger partial charge is 0.372 e. The number of para-hydroxylation sites is 1. The predicted octanol–water partition coefficient (Wildman–Crippen LogP) is 4.45. The Morgan fingerprint density at radius 2 is 2.25 bits per heavy atom. The van der Waals surface area contributed by atoms with E-state index in [4.69, 9.17) is 0 Å². The molecule has 5 heteroatoms. The third-order valence-electron chi connectivity index (χ3n) is 3.82. The Morgan fingerprint density at radius 3 is 3.05 bits per heavy atom. The van der Waals surface area contributed by atoms with Crippen LogP contribution in [0.15, 0.2) is 29.6 Å². The van der Waals surface area contributed by atoms with Crippen LogP contribution in [-0.4, -0.2) is 4.92 Å². The van der Waals surface area contributed by atoms with Gasteiger partial charge in [0, 0.05) is 10.9 Å². The van der Waals surface area contributed by atoms with Crippen LogP contribution >= 0.6 is 11.3 Å². The van der Waals surface area contributed by atoms with E-state index in [1.807, 2.05) is 13.0 Å². The van der Waals surface area contributed by atoms with Gasteiger partial charge in [0.1, 0.15) is 5.69 Å². The number of nitrogens with zero attached hydrogens (tertiary/aromatic N) is 1. The van der Waals surface area contributed by atoms with E-state index in [1.54, 1.807) is 23.5 Å². The highest BCUT2D eigenvalue weighted by molar-refractivity contribution is 7.10. The summed E-state index contributed by atoms with van der Waals surface area (Å²) in [7, 11) is 0. The van der Waals surface area contributed by atoms with Crippen molar-refractivity contribution in [3.05, 3.63) is 55.8 Å². The van der Waals surface area contributed by atoms with Crippen molar-refractivity contribution in [2.75, 3.05) is 5.32 Å². The lowest BCUT2D eigenvalue weighted by molar-refractivity contribution is -0.384. The molecule has 0 radical (unpaired) electrons. The predicted molar refractivity (Wildman–Crippen MR) is 81.5 cm³/mol. The quantitative estimate of drug-likeness (QED) is 0.670. The molecule has 1 N–H and O–H groups in total. The summed E-state index contributed by atoms with van der Waals surface area (Å²) < 4.78 is 0. The summed E-state index contributed by atoms with van der Waals surface area (Å²) in [5.41, 5.74) is 3.04. The monoisotopic (exact) mass is 288 g/mol. The molecule has 4 nitrogen and oxygen atoms in total. The molecule has 104 valence electrons. The molecule has 0 bridgehead atoms. The number of thiophene rings is 1. The van der Waals surface area contributed by atoms with Crippen LogP contribution in [0.2, 0.25) is 0 Å².